The molecule has 1 heterocycles. The minimum absolute atomic E-state index is 0.0224. The Labute approximate surface area is 154 Å². The maximum absolute atomic E-state index is 12.5. The summed E-state index contributed by atoms with van der Waals surface area (Å²) < 4.78 is 5.66. The maximum atomic E-state index is 12.5. The van der Waals surface area contributed by atoms with Gasteiger partial charge in [-0.05, 0) is 57.4 Å². The first-order valence-electron chi connectivity index (χ1n) is 9.20. The number of likely N-dealkylation sites (tertiary alicyclic amines) is 1. The first-order chi connectivity index (χ1) is 12.6. The number of rotatable bonds is 5. The van der Waals surface area contributed by atoms with Crippen molar-refractivity contribution in [1.82, 2.24) is 4.90 Å². The SMILES string of the molecule is C[C@@H]1CCC[C@H](C)N1C(=O)COc1ccc(C(=O)c2ccccc2)cc1. The molecule has 4 nitrogen and oxygen atoms in total. The van der Waals surface area contributed by atoms with Crippen molar-refractivity contribution < 1.29 is 14.3 Å². The number of nitrogens with zero attached hydrogens (tertiary/aromatic N) is 1. The first-order valence-corrected chi connectivity index (χ1v) is 9.20. The highest BCUT2D eigenvalue weighted by molar-refractivity contribution is 6.08. The van der Waals surface area contributed by atoms with Gasteiger partial charge < -0.3 is 9.64 Å². The average Bonchev–Trinajstić information content (AvgIpc) is 2.67. The van der Waals surface area contributed by atoms with E-state index in [1.807, 2.05) is 23.1 Å². The minimum atomic E-state index is -0.0239. The second-order valence-electron chi connectivity index (χ2n) is 6.94. The summed E-state index contributed by atoms with van der Waals surface area (Å²) in [5, 5.41) is 0. The van der Waals surface area contributed by atoms with E-state index in [-0.39, 0.29) is 30.4 Å². The molecule has 4 heteroatoms. The van der Waals surface area contributed by atoms with Crippen molar-refractivity contribution in [2.75, 3.05) is 6.61 Å². The lowest BCUT2D eigenvalue weighted by Gasteiger charge is -2.38. The predicted octanol–water partition coefficient (Wildman–Crippen LogP) is 4.09. The Morgan fingerprint density at radius 1 is 0.923 bits per heavy atom. The second kappa shape index (κ2) is 8.17. The normalized spacial score (nSPS) is 19.8. The molecule has 1 aliphatic rings. The van der Waals surface area contributed by atoms with E-state index in [0.717, 1.165) is 12.8 Å². The summed E-state index contributed by atoms with van der Waals surface area (Å²) in [6, 6.07) is 16.7. The Morgan fingerprint density at radius 2 is 1.50 bits per heavy atom. The molecule has 0 bridgehead atoms. The van der Waals surface area contributed by atoms with Crippen LogP contribution in [0.4, 0.5) is 0 Å². The van der Waals surface area contributed by atoms with Crippen molar-refractivity contribution in [3.8, 4) is 5.75 Å². The molecule has 3 rings (SSSR count). The summed E-state index contributed by atoms with van der Waals surface area (Å²) in [7, 11) is 0. The van der Waals surface area contributed by atoms with E-state index >= 15 is 0 Å². The van der Waals surface area contributed by atoms with Crippen LogP contribution in [0.2, 0.25) is 0 Å². The molecule has 1 amide bonds. The van der Waals surface area contributed by atoms with E-state index in [9.17, 15) is 9.59 Å². The monoisotopic (exact) mass is 351 g/mol. The summed E-state index contributed by atoms with van der Waals surface area (Å²) in [4.78, 5) is 26.8. The lowest BCUT2D eigenvalue weighted by atomic mass is 9.97. The molecule has 0 aliphatic carbocycles. The molecule has 1 aliphatic heterocycles. The second-order valence-corrected chi connectivity index (χ2v) is 6.94. The van der Waals surface area contributed by atoms with Crippen molar-refractivity contribution in [3.05, 3.63) is 65.7 Å². The van der Waals surface area contributed by atoms with E-state index in [2.05, 4.69) is 13.8 Å². The number of benzene rings is 2. The van der Waals surface area contributed by atoms with Gasteiger partial charge in [0.2, 0.25) is 0 Å². The lowest BCUT2D eigenvalue weighted by Crippen LogP contribution is -2.49. The van der Waals surface area contributed by atoms with Gasteiger partial charge in [0.15, 0.2) is 12.4 Å². The molecule has 1 fully saturated rings. The van der Waals surface area contributed by atoms with Crippen LogP contribution in [0.1, 0.15) is 49.0 Å². The number of ether oxygens (including phenoxy) is 1. The molecule has 2 aromatic rings. The van der Waals surface area contributed by atoms with Crippen LogP contribution in [0.25, 0.3) is 0 Å². The Morgan fingerprint density at radius 3 is 2.12 bits per heavy atom. The molecule has 26 heavy (non-hydrogen) atoms. The van der Waals surface area contributed by atoms with Crippen molar-refractivity contribution in [1.29, 1.82) is 0 Å². The number of carbonyl (C=O) groups is 2. The van der Waals surface area contributed by atoms with Crippen molar-refractivity contribution in [3.63, 3.8) is 0 Å². The Bertz CT molecular complexity index is 745. The summed E-state index contributed by atoms with van der Waals surface area (Å²) in [5.74, 6) is 0.596. The van der Waals surface area contributed by atoms with Gasteiger partial charge in [0.1, 0.15) is 5.75 Å². The fraction of sp³-hybridized carbons (Fsp3) is 0.364. The molecule has 0 radical (unpaired) electrons. The van der Waals surface area contributed by atoms with Crippen LogP contribution >= 0.6 is 0 Å². The quantitative estimate of drug-likeness (QED) is 0.763. The fourth-order valence-electron chi connectivity index (χ4n) is 3.59. The zero-order valence-electron chi connectivity index (χ0n) is 15.4. The van der Waals surface area contributed by atoms with Gasteiger partial charge in [-0.1, -0.05) is 30.3 Å². The minimum Gasteiger partial charge on any atom is -0.484 e. The molecule has 0 saturated carbocycles. The van der Waals surface area contributed by atoms with Crippen molar-refractivity contribution in [2.24, 2.45) is 0 Å². The number of hydrogen-bond donors (Lipinski definition) is 0. The molecule has 2 aromatic carbocycles. The topological polar surface area (TPSA) is 46.6 Å². The Kier molecular flexibility index (Phi) is 5.71. The molecular formula is C22H25NO3. The standard InChI is InChI=1S/C22H25NO3/c1-16-7-6-8-17(2)23(16)21(24)15-26-20-13-11-19(12-14-20)22(25)18-9-4-3-5-10-18/h3-5,9-14,16-17H,6-8,15H2,1-2H3/t16-,17+. The maximum Gasteiger partial charge on any atom is 0.260 e. The summed E-state index contributed by atoms with van der Waals surface area (Å²) >= 11 is 0. The van der Waals surface area contributed by atoms with Gasteiger partial charge in [-0.2, -0.15) is 0 Å². The smallest absolute Gasteiger partial charge is 0.260 e. The van der Waals surface area contributed by atoms with E-state index in [1.54, 1.807) is 36.4 Å². The molecule has 0 N–H and O–H groups in total. The number of ketones is 1. The van der Waals surface area contributed by atoms with Crippen LogP contribution in [-0.2, 0) is 4.79 Å². The molecule has 0 spiro atoms. The summed E-state index contributed by atoms with van der Waals surface area (Å²) in [5.41, 5.74) is 1.26. The largest absolute Gasteiger partial charge is 0.484 e. The average molecular weight is 351 g/mol. The van der Waals surface area contributed by atoms with Gasteiger partial charge in [0, 0.05) is 23.2 Å². The zero-order valence-corrected chi connectivity index (χ0v) is 15.4. The van der Waals surface area contributed by atoms with Gasteiger partial charge >= 0.3 is 0 Å². The lowest BCUT2D eigenvalue weighted by molar-refractivity contribution is -0.139. The third-order valence-electron chi connectivity index (χ3n) is 5.00. The number of piperidine rings is 1. The first kappa shape index (κ1) is 18.2. The molecule has 0 unspecified atom stereocenters. The molecular weight excluding hydrogens is 326 g/mol. The third kappa shape index (κ3) is 4.13. The molecule has 2 atom stereocenters. The van der Waals surface area contributed by atoms with Crippen LogP contribution < -0.4 is 4.74 Å². The number of hydrogen-bond acceptors (Lipinski definition) is 3. The number of carbonyl (C=O) groups excluding carboxylic acids is 2. The molecule has 1 saturated heterocycles. The van der Waals surface area contributed by atoms with Crippen LogP contribution in [0.5, 0.6) is 5.75 Å². The molecule has 0 aromatic heterocycles. The van der Waals surface area contributed by atoms with E-state index < -0.39 is 0 Å². The van der Waals surface area contributed by atoms with E-state index in [1.165, 1.54) is 6.42 Å². The summed E-state index contributed by atoms with van der Waals surface area (Å²) in [6.07, 6.45) is 3.27. The van der Waals surface area contributed by atoms with Crippen molar-refractivity contribution in [2.45, 2.75) is 45.2 Å². The predicted molar refractivity (Wildman–Crippen MR) is 101 cm³/mol. The number of amides is 1. The Hall–Kier alpha value is -2.62. The van der Waals surface area contributed by atoms with Gasteiger partial charge in [0.05, 0.1) is 0 Å². The highest BCUT2D eigenvalue weighted by atomic mass is 16.5. The van der Waals surface area contributed by atoms with Crippen molar-refractivity contribution >= 4 is 11.7 Å². The molecule has 136 valence electrons. The van der Waals surface area contributed by atoms with Crippen LogP contribution in [-0.4, -0.2) is 35.3 Å². The third-order valence-corrected chi connectivity index (χ3v) is 5.00. The van der Waals surface area contributed by atoms with Crippen LogP contribution in [0.3, 0.4) is 0 Å². The zero-order chi connectivity index (χ0) is 18.5. The van der Waals surface area contributed by atoms with Crippen LogP contribution in [0, 0.1) is 0 Å². The van der Waals surface area contributed by atoms with E-state index in [4.69, 9.17) is 4.74 Å². The highest BCUT2D eigenvalue weighted by Gasteiger charge is 2.28. The Balaban J connectivity index is 1.59. The van der Waals surface area contributed by atoms with Gasteiger partial charge in [0.25, 0.3) is 5.91 Å². The van der Waals surface area contributed by atoms with E-state index in [0.29, 0.717) is 16.9 Å². The van der Waals surface area contributed by atoms with Gasteiger partial charge in [-0.25, -0.2) is 0 Å². The van der Waals surface area contributed by atoms with Crippen LogP contribution in [0.15, 0.2) is 54.6 Å². The highest BCUT2D eigenvalue weighted by Crippen LogP contribution is 2.23. The fourth-order valence-corrected chi connectivity index (χ4v) is 3.59. The van der Waals surface area contributed by atoms with Gasteiger partial charge in [-0.3, -0.25) is 9.59 Å². The van der Waals surface area contributed by atoms with Gasteiger partial charge in [-0.15, -0.1) is 0 Å². The summed E-state index contributed by atoms with van der Waals surface area (Å²) in [6.45, 7) is 4.22.